The average molecular weight is 341 g/mol. The predicted molar refractivity (Wildman–Crippen MR) is 94.7 cm³/mol. The molecule has 1 fully saturated rings. The van der Waals surface area contributed by atoms with Gasteiger partial charge in [-0.3, -0.25) is 10.3 Å². The van der Waals surface area contributed by atoms with E-state index in [4.69, 9.17) is 28.6 Å². The number of benzene rings is 1. The topological polar surface area (TPSA) is 48.9 Å². The number of nitrogens with one attached hydrogen (secondary N) is 2. The van der Waals surface area contributed by atoms with Gasteiger partial charge >= 0.3 is 0 Å². The summed E-state index contributed by atoms with van der Waals surface area (Å²) in [4.78, 5) is 2.35. The molecule has 0 aliphatic carbocycles. The Morgan fingerprint density at radius 3 is 2.91 bits per heavy atom. The highest BCUT2D eigenvalue weighted by molar-refractivity contribution is 7.80. The van der Waals surface area contributed by atoms with Crippen LogP contribution in [0, 0.1) is 0 Å². The minimum absolute atomic E-state index is 0.523. The van der Waals surface area contributed by atoms with Crippen molar-refractivity contribution in [3.63, 3.8) is 0 Å². The summed E-state index contributed by atoms with van der Waals surface area (Å²) in [5, 5.41) is 8.64. The molecule has 1 aliphatic rings. The molecule has 0 amide bonds. The lowest BCUT2D eigenvalue weighted by Gasteiger charge is -2.26. The summed E-state index contributed by atoms with van der Waals surface area (Å²) in [7, 11) is 0. The molecule has 0 atom stereocenters. The molecule has 1 aromatic carbocycles. The van der Waals surface area contributed by atoms with E-state index >= 15 is 0 Å². The van der Waals surface area contributed by atoms with Gasteiger partial charge in [0.05, 0.1) is 18.9 Å². The quantitative estimate of drug-likeness (QED) is 0.487. The van der Waals surface area contributed by atoms with Crippen LogP contribution in [0.1, 0.15) is 12.5 Å². The van der Waals surface area contributed by atoms with Gasteiger partial charge in [0.2, 0.25) is 0 Å². The Hall–Kier alpha value is -1.21. The Morgan fingerprint density at radius 2 is 2.18 bits per heavy atom. The van der Waals surface area contributed by atoms with E-state index in [1.807, 2.05) is 31.2 Å². The molecule has 120 valence electrons. The van der Waals surface area contributed by atoms with Crippen molar-refractivity contribution in [1.82, 2.24) is 15.6 Å². The third kappa shape index (κ3) is 5.88. The first kappa shape index (κ1) is 17.1. The first-order valence-electron chi connectivity index (χ1n) is 7.29. The van der Waals surface area contributed by atoms with Gasteiger partial charge in [-0.05, 0) is 36.8 Å². The van der Waals surface area contributed by atoms with Gasteiger partial charge in [0.1, 0.15) is 0 Å². The maximum Gasteiger partial charge on any atom is 0.187 e. The molecule has 0 bridgehead atoms. The van der Waals surface area contributed by atoms with Gasteiger partial charge in [-0.15, -0.1) is 0 Å². The summed E-state index contributed by atoms with van der Waals surface area (Å²) in [6.07, 6.45) is 0. The second-order valence-corrected chi connectivity index (χ2v) is 5.87. The summed E-state index contributed by atoms with van der Waals surface area (Å²) < 4.78 is 5.32. The van der Waals surface area contributed by atoms with E-state index < -0.39 is 0 Å². The van der Waals surface area contributed by atoms with Gasteiger partial charge in [-0.1, -0.05) is 23.7 Å². The van der Waals surface area contributed by atoms with Crippen LogP contribution < -0.4 is 10.7 Å². The summed E-state index contributed by atoms with van der Waals surface area (Å²) in [5.41, 5.74) is 4.66. The summed E-state index contributed by atoms with van der Waals surface area (Å²) in [6.45, 7) is 7.23. The fraction of sp³-hybridized carbons (Fsp3) is 0.467. The second kappa shape index (κ2) is 9.05. The lowest BCUT2D eigenvalue weighted by molar-refractivity contribution is 0.0389. The first-order chi connectivity index (χ1) is 10.6. The Balaban J connectivity index is 1.71. The molecule has 22 heavy (non-hydrogen) atoms. The lowest BCUT2D eigenvalue weighted by Crippen LogP contribution is -2.42. The van der Waals surface area contributed by atoms with Crippen molar-refractivity contribution in [1.29, 1.82) is 0 Å². The molecular formula is C15H21ClN4OS. The van der Waals surface area contributed by atoms with Crippen LogP contribution in [-0.2, 0) is 4.74 Å². The van der Waals surface area contributed by atoms with Crippen LogP contribution in [-0.4, -0.2) is 55.1 Å². The van der Waals surface area contributed by atoms with Crippen molar-refractivity contribution in [3.05, 3.63) is 34.9 Å². The summed E-state index contributed by atoms with van der Waals surface area (Å²) >= 11 is 11.2. The van der Waals surface area contributed by atoms with E-state index in [-0.39, 0.29) is 0 Å². The Bertz CT molecular complexity index is 532. The molecule has 0 radical (unpaired) electrons. The fourth-order valence-electron chi connectivity index (χ4n) is 2.10. The number of nitrogens with zero attached hydrogens (tertiary/aromatic N) is 2. The van der Waals surface area contributed by atoms with Gasteiger partial charge in [0.15, 0.2) is 5.11 Å². The average Bonchev–Trinajstić information content (AvgIpc) is 2.53. The molecule has 0 saturated carbocycles. The molecule has 2 rings (SSSR count). The summed E-state index contributed by atoms with van der Waals surface area (Å²) in [5.74, 6) is 0. The number of hydrogen-bond donors (Lipinski definition) is 2. The third-order valence-corrected chi connectivity index (χ3v) is 3.86. The molecule has 1 saturated heterocycles. The van der Waals surface area contributed by atoms with Crippen molar-refractivity contribution < 1.29 is 4.74 Å². The SMILES string of the molecule is C/C(=N\NC(=S)NCCN1CCOCC1)c1cccc(Cl)c1. The zero-order chi connectivity index (χ0) is 15.8. The molecule has 2 N–H and O–H groups in total. The van der Waals surface area contributed by atoms with Crippen molar-refractivity contribution in [2.45, 2.75) is 6.92 Å². The van der Waals surface area contributed by atoms with E-state index in [0.717, 1.165) is 50.7 Å². The number of ether oxygens (including phenoxy) is 1. The van der Waals surface area contributed by atoms with Crippen LogP contribution in [0.3, 0.4) is 0 Å². The minimum Gasteiger partial charge on any atom is -0.379 e. The fourth-order valence-corrected chi connectivity index (χ4v) is 2.44. The molecule has 1 aliphatic heterocycles. The Labute approximate surface area is 141 Å². The van der Waals surface area contributed by atoms with E-state index in [9.17, 15) is 0 Å². The molecule has 0 aromatic heterocycles. The Morgan fingerprint density at radius 1 is 1.41 bits per heavy atom. The number of rotatable bonds is 5. The van der Waals surface area contributed by atoms with Gasteiger partial charge in [0.25, 0.3) is 0 Å². The normalized spacial score (nSPS) is 16.4. The van der Waals surface area contributed by atoms with Crippen molar-refractivity contribution in [2.75, 3.05) is 39.4 Å². The van der Waals surface area contributed by atoms with Crippen LogP contribution in [0.4, 0.5) is 0 Å². The van der Waals surface area contributed by atoms with E-state index in [2.05, 4.69) is 20.7 Å². The largest absolute Gasteiger partial charge is 0.379 e. The standard InChI is InChI=1S/C15H21ClN4OS/c1-12(13-3-2-4-14(16)11-13)18-19-15(22)17-5-6-20-7-9-21-10-8-20/h2-4,11H,5-10H2,1H3,(H2,17,19,22)/b18-12+. The van der Waals surface area contributed by atoms with E-state index in [1.54, 1.807) is 0 Å². The molecule has 1 heterocycles. The van der Waals surface area contributed by atoms with Crippen LogP contribution in [0.15, 0.2) is 29.4 Å². The number of hydrazone groups is 1. The van der Waals surface area contributed by atoms with Gasteiger partial charge in [-0.25, -0.2) is 0 Å². The maximum atomic E-state index is 5.97. The highest BCUT2D eigenvalue weighted by Crippen LogP contribution is 2.11. The maximum absolute atomic E-state index is 5.97. The number of hydrogen-bond acceptors (Lipinski definition) is 4. The Kier molecular flexibility index (Phi) is 7.05. The highest BCUT2D eigenvalue weighted by atomic mass is 35.5. The predicted octanol–water partition coefficient (Wildman–Crippen LogP) is 1.86. The number of thiocarbonyl (C=S) groups is 1. The van der Waals surface area contributed by atoms with Crippen LogP contribution in [0.5, 0.6) is 0 Å². The molecular weight excluding hydrogens is 320 g/mol. The molecule has 5 nitrogen and oxygen atoms in total. The van der Waals surface area contributed by atoms with Gasteiger partial charge < -0.3 is 10.1 Å². The lowest BCUT2D eigenvalue weighted by atomic mass is 10.1. The molecule has 0 unspecified atom stereocenters. The van der Waals surface area contributed by atoms with Crippen LogP contribution >= 0.6 is 23.8 Å². The molecule has 0 spiro atoms. The first-order valence-corrected chi connectivity index (χ1v) is 8.08. The van der Waals surface area contributed by atoms with E-state index in [0.29, 0.717) is 10.1 Å². The zero-order valence-corrected chi connectivity index (χ0v) is 14.2. The van der Waals surface area contributed by atoms with Crippen molar-refractivity contribution >= 4 is 34.6 Å². The third-order valence-electron chi connectivity index (χ3n) is 3.38. The molecule has 1 aromatic rings. The summed E-state index contributed by atoms with van der Waals surface area (Å²) in [6, 6.07) is 7.57. The minimum atomic E-state index is 0.523. The van der Waals surface area contributed by atoms with Crippen molar-refractivity contribution in [2.24, 2.45) is 5.10 Å². The number of halogens is 1. The van der Waals surface area contributed by atoms with Crippen LogP contribution in [0.2, 0.25) is 5.02 Å². The van der Waals surface area contributed by atoms with Crippen molar-refractivity contribution in [3.8, 4) is 0 Å². The van der Waals surface area contributed by atoms with Crippen LogP contribution in [0.25, 0.3) is 0 Å². The highest BCUT2D eigenvalue weighted by Gasteiger charge is 2.09. The van der Waals surface area contributed by atoms with Gasteiger partial charge in [0, 0.05) is 31.2 Å². The smallest absolute Gasteiger partial charge is 0.187 e. The second-order valence-electron chi connectivity index (χ2n) is 5.03. The number of morpholine rings is 1. The van der Waals surface area contributed by atoms with E-state index in [1.165, 1.54) is 0 Å². The monoisotopic (exact) mass is 340 g/mol. The zero-order valence-electron chi connectivity index (χ0n) is 12.6. The molecule has 7 heteroatoms. The van der Waals surface area contributed by atoms with Gasteiger partial charge in [-0.2, -0.15) is 5.10 Å².